The van der Waals surface area contributed by atoms with Crippen molar-refractivity contribution in [1.82, 2.24) is 9.55 Å². The van der Waals surface area contributed by atoms with Crippen LogP contribution in [0.5, 0.6) is 0 Å². The quantitative estimate of drug-likeness (QED) is 0.547. The molecule has 2 heterocycles. The van der Waals surface area contributed by atoms with E-state index in [9.17, 15) is 9.18 Å². The molecule has 0 N–H and O–H groups in total. The third-order valence-corrected chi connectivity index (χ3v) is 7.32. The molecule has 0 saturated heterocycles. The van der Waals surface area contributed by atoms with Gasteiger partial charge in [-0.2, -0.15) is 0 Å². The average Bonchev–Trinajstić information content (AvgIpc) is 3.02. The number of hydrogen-bond donors (Lipinski definition) is 0. The third-order valence-electron chi connectivity index (χ3n) is 6.18. The van der Waals surface area contributed by atoms with Gasteiger partial charge in [-0.05, 0) is 60.3 Å². The summed E-state index contributed by atoms with van der Waals surface area (Å²) in [6.07, 6.45) is 4.75. The first-order valence-electron chi connectivity index (χ1n) is 10.6. The van der Waals surface area contributed by atoms with Crippen LogP contribution < -0.4 is 5.56 Å². The molecular weight excluding hydrogens is 383 g/mol. The zero-order valence-corrected chi connectivity index (χ0v) is 18.5. The molecule has 0 saturated carbocycles. The summed E-state index contributed by atoms with van der Waals surface area (Å²) in [5.74, 6) is 1.16. The van der Waals surface area contributed by atoms with Gasteiger partial charge in [0.1, 0.15) is 16.5 Å². The molecule has 154 valence electrons. The van der Waals surface area contributed by atoms with Gasteiger partial charge in [0, 0.05) is 11.3 Å². The highest BCUT2D eigenvalue weighted by Crippen LogP contribution is 2.42. The number of fused-ring (bicyclic) bond motifs is 3. The van der Waals surface area contributed by atoms with Gasteiger partial charge in [-0.3, -0.25) is 9.36 Å². The number of nitrogens with zero attached hydrogens (tertiary/aromatic N) is 2. The average molecular weight is 413 g/mol. The monoisotopic (exact) mass is 412 g/mol. The Morgan fingerprint density at radius 3 is 2.79 bits per heavy atom. The summed E-state index contributed by atoms with van der Waals surface area (Å²) in [4.78, 5) is 20.7. The zero-order valence-electron chi connectivity index (χ0n) is 17.7. The number of benzene rings is 1. The summed E-state index contributed by atoms with van der Waals surface area (Å²) in [5, 5.41) is 0.800. The molecule has 2 aromatic heterocycles. The molecular formula is C24H29FN2OS. The summed E-state index contributed by atoms with van der Waals surface area (Å²) < 4.78 is 15.4. The van der Waals surface area contributed by atoms with E-state index in [0.717, 1.165) is 53.7 Å². The van der Waals surface area contributed by atoms with E-state index in [1.807, 2.05) is 6.07 Å². The van der Waals surface area contributed by atoms with E-state index in [1.165, 1.54) is 22.6 Å². The van der Waals surface area contributed by atoms with Crippen LogP contribution in [-0.4, -0.2) is 9.55 Å². The second kappa shape index (κ2) is 7.67. The summed E-state index contributed by atoms with van der Waals surface area (Å²) in [6, 6.07) is 6.50. The van der Waals surface area contributed by atoms with Crippen molar-refractivity contribution in [3.05, 3.63) is 62.3 Å². The van der Waals surface area contributed by atoms with Gasteiger partial charge in [0.2, 0.25) is 0 Å². The standard InChI is InChI=1S/C24H29FN2OS/c1-5-7-20-26-22-21(18-11-10-16(24(2,3)4)13-19(18)29-22)23(28)27(20)14-15-8-6-9-17(25)12-15/h6,8-9,12,16H,5,7,10-11,13-14H2,1-4H3. The molecule has 0 aliphatic heterocycles. The fourth-order valence-electron chi connectivity index (χ4n) is 4.44. The van der Waals surface area contributed by atoms with Crippen molar-refractivity contribution in [3.63, 3.8) is 0 Å². The SMILES string of the molecule is CCCc1nc2sc3c(c2c(=O)n1Cc1cccc(F)c1)CCC(C(C)(C)C)C3. The predicted octanol–water partition coefficient (Wildman–Crippen LogP) is 5.75. The molecule has 0 amide bonds. The largest absolute Gasteiger partial charge is 0.292 e. The number of aryl methyl sites for hydroxylation is 2. The Kier molecular flexibility index (Phi) is 5.36. The highest BCUT2D eigenvalue weighted by Gasteiger charge is 2.32. The van der Waals surface area contributed by atoms with Gasteiger partial charge in [-0.15, -0.1) is 11.3 Å². The first kappa shape index (κ1) is 20.3. The number of thiophene rings is 1. The van der Waals surface area contributed by atoms with Crippen LogP contribution in [0.15, 0.2) is 29.1 Å². The molecule has 1 aliphatic rings. The Bertz CT molecular complexity index is 1110. The van der Waals surface area contributed by atoms with Crippen molar-refractivity contribution in [2.45, 2.75) is 66.3 Å². The predicted molar refractivity (Wildman–Crippen MR) is 118 cm³/mol. The molecule has 1 atom stereocenters. The van der Waals surface area contributed by atoms with Crippen LogP contribution in [0.25, 0.3) is 10.2 Å². The van der Waals surface area contributed by atoms with Gasteiger partial charge in [0.25, 0.3) is 5.56 Å². The minimum Gasteiger partial charge on any atom is -0.292 e. The lowest BCUT2D eigenvalue weighted by atomic mass is 9.72. The molecule has 1 aromatic carbocycles. The van der Waals surface area contributed by atoms with Crippen molar-refractivity contribution in [2.75, 3.05) is 0 Å². The molecule has 1 aliphatic carbocycles. The van der Waals surface area contributed by atoms with Crippen molar-refractivity contribution in [1.29, 1.82) is 0 Å². The van der Waals surface area contributed by atoms with E-state index in [1.54, 1.807) is 22.0 Å². The summed E-state index contributed by atoms with van der Waals surface area (Å²) in [7, 11) is 0. The topological polar surface area (TPSA) is 34.9 Å². The molecule has 0 radical (unpaired) electrons. The molecule has 1 unspecified atom stereocenters. The lowest BCUT2D eigenvalue weighted by Gasteiger charge is -2.33. The van der Waals surface area contributed by atoms with Gasteiger partial charge in [-0.25, -0.2) is 9.37 Å². The van der Waals surface area contributed by atoms with E-state index in [0.29, 0.717) is 12.5 Å². The highest BCUT2D eigenvalue weighted by molar-refractivity contribution is 7.18. The molecule has 0 fully saturated rings. The van der Waals surface area contributed by atoms with Crippen LogP contribution in [0.2, 0.25) is 0 Å². The number of aromatic nitrogens is 2. The number of rotatable bonds is 4. The van der Waals surface area contributed by atoms with Crippen LogP contribution in [-0.2, 0) is 25.8 Å². The maximum atomic E-state index is 13.7. The third kappa shape index (κ3) is 3.89. The Labute approximate surface area is 175 Å². The molecule has 3 aromatic rings. The Morgan fingerprint density at radius 1 is 1.31 bits per heavy atom. The Hall–Kier alpha value is -2.01. The lowest BCUT2D eigenvalue weighted by molar-refractivity contribution is 0.218. The van der Waals surface area contributed by atoms with Gasteiger partial charge >= 0.3 is 0 Å². The molecule has 5 heteroatoms. The van der Waals surface area contributed by atoms with Crippen LogP contribution in [0.4, 0.5) is 4.39 Å². The smallest absolute Gasteiger partial charge is 0.262 e. The van der Waals surface area contributed by atoms with E-state index >= 15 is 0 Å². The minimum atomic E-state index is -0.275. The summed E-state index contributed by atoms with van der Waals surface area (Å²) in [5.41, 5.74) is 2.31. The molecule has 0 bridgehead atoms. The van der Waals surface area contributed by atoms with Crippen LogP contribution >= 0.6 is 11.3 Å². The maximum Gasteiger partial charge on any atom is 0.262 e. The molecule has 4 rings (SSSR count). The van der Waals surface area contributed by atoms with E-state index in [-0.39, 0.29) is 16.8 Å². The number of hydrogen-bond acceptors (Lipinski definition) is 3. The van der Waals surface area contributed by atoms with Crippen molar-refractivity contribution in [2.24, 2.45) is 11.3 Å². The highest BCUT2D eigenvalue weighted by atomic mass is 32.1. The van der Waals surface area contributed by atoms with Crippen LogP contribution in [0.3, 0.4) is 0 Å². The number of halogens is 1. The Balaban J connectivity index is 1.83. The van der Waals surface area contributed by atoms with Crippen molar-refractivity contribution >= 4 is 21.6 Å². The summed E-state index contributed by atoms with van der Waals surface area (Å²) >= 11 is 1.71. The summed E-state index contributed by atoms with van der Waals surface area (Å²) in [6.45, 7) is 9.37. The van der Waals surface area contributed by atoms with Crippen molar-refractivity contribution in [3.8, 4) is 0 Å². The maximum absolute atomic E-state index is 13.7. The first-order chi connectivity index (χ1) is 13.8. The first-order valence-corrected chi connectivity index (χ1v) is 11.4. The minimum absolute atomic E-state index is 0.0365. The Morgan fingerprint density at radius 2 is 2.10 bits per heavy atom. The van der Waals surface area contributed by atoms with Crippen LogP contribution in [0.1, 0.15) is 62.4 Å². The fourth-order valence-corrected chi connectivity index (χ4v) is 5.74. The van der Waals surface area contributed by atoms with E-state index in [2.05, 4.69) is 27.7 Å². The molecule has 29 heavy (non-hydrogen) atoms. The normalized spacial score (nSPS) is 16.9. The van der Waals surface area contributed by atoms with Gasteiger partial charge in [0.05, 0.1) is 11.9 Å². The molecule has 3 nitrogen and oxygen atoms in total. The van der Waals surface area contributed by atoms with Gasteiger partial charge in [0.15, 0.2) is 0 Å². The zero-order chi connectivity index (χ0) is 20.8. The van der Waals surface area contributed by atoms with Crippen LogP contribution in [0, 0.1) is 17.2 Å². The van der Waals surface area contributed by atoms with Crippen molar-refractivity contribution < 1.29 is 4.39 Å². The molecule has 0 spiro atoms. The van der Waals surface area contributed by atoms with E-state index in [4.69, 9.17) is 4.98 Å². The second-order valence-electron chi connectivity index (χ2n) is 9.29. The lowest BCUT2D eigenvalue weighted by Crippen LogP contribution is -2.28. The fraction of sp³-hybridized carbons (Fsp3) is 0.500. The van der Waals surface area contributed by atoms with E-state index < -0.39 is 0 Å². The van der Waals surface area contributed by atoms with Gasteiger partial charge < -0.3 is 0 Å². The second-order valence-corrected chi connectivity index (χ2v) is 10.4. The van der Waals surface area contributed by atoms with Gasteiger partial charge in [-0.1, -0.05) is 39.8 Å².